The highest BCUT2D eigenvalue weighted by atomic mass is 16.4. The number of para-hydroxylation sites is 2. The number of rotatable bonds is 9. The van der Waals surface area contributed by atoms with E-state index in [-0.39, 0.29) is 29.9 Å². The Balaban J connectivity index is 1.62. The molecule has 2 N–H and O–H groups in total. The summed E-state index contributed by atoms with van der Waals surface area (Å²) in [5.74, 6) is -0.875. The average molecular weight is 412 g/mol. The van der Waals surface area contributed by atoms with Crippen LogP contribution in [0, 0.1) is 0 Å². The van der Waals surface area contributed by atoms with Gasteiger partial charge in [-0.3, -0.25) is 9.59 Å². The van der Waals surface area contributed by atoms with Gasteiger partial charge in [-0.15, -0.1) is 0 Å². The predicted molar refractivity (Wildman–Crippen MR) is 120 cm³/mol. The Morgan fingerprint density at radius 2 is 1.42 bits per heavy atom. The minimum absolute atomic E-state index is 0.0543. The molecule has 0 aliphatic heterocycles. The first-order valence-electron chi connectivity index (χ1n) is 10.4. The summed E-state index contributed by atoms with van der Waals surface area (Å²) in [4.78, 5) is 29.5. The number of primary amides is 1. The normalized spacial score (nSPS) is 13.0. The Morgan fingerprint density at radius 3 is 2.06 bits per heavy atom. The van der Waals surface area contributed by atoms with Crippen LogP contribution in [0.1, 0.15) is 52.9 Å². The van der Waals surface area contributed by atoms with Crippen molar-refractivity contribution in [2.75, 3.05) is 0 Å². The number of Topliss-reactive ketones (excluding diaryl/α,β-unsaturated/α-hetero) is 1. The topological polar surface area (TPSA) is 86.2 Å². The van der Waals surface area contributed by atoms with Crippen LogP contribution in [0.4, 0.5) is 0 Å². The van der Waals surface area contributed by atoms with Gasteiger partial charge in [0.25, 0.3) is 5.89 Å². The smallest absolute Gasteiger partial charge is 0.264 e. The highest BCUT2D eigenvalue weighted by Gasteiger charge is 2.28. The molecule has 31 heavy (non-hydrogen) atoms. The molecule has 0 spiro atoms. The molecule has 0 aliphatic rings. The largest absolute Gasteiger partial charge is 0.434 e. The van der Waals surface area contributed by atoms with E-state index in [0.717, 1.165) is 11.1 Å². The van der Waals surface area contributed by atoms with E-state index in [0.29, 0.717) is 23.9 Å². The molecule has 2 atom stereocenters. The van der Waals surface area contributed by atoms with E-state index in [1.807, 2.05) is 78.9 Å². The maximum atomic E-state index is 13.4. The molecule has 5 heteroatoms. The SMILES string of the molecule is NC(=O)CC(CCC(C(=O)c1nc2ccccc2o1)c1ccccc1)c1ccccc1. The first-order valence-corrected chi connectivity index (χ1v) is 10.4. The van der Waals surface area contributed by atoms with Gasteiger partial charge in [0.15, 0.2) is 5.58 Å². The molecule has 2 unspecified atom stereocenters. The van der Waals surface area contributed by atoms with Crippen molar-refractivity contribution in [1.82, 2.24) is 4.98 Å². The number of ketones is 1. The summed E-state index contributed by atoms with van der Waals surface area (Å²) in [7, 11) is 0. The first-order chi connectivity index (χ1) is 15.1. The zero-order valence-corrected chi connectivity index (χ0v) is 17.1. The number of fused-ring (bicyclic) bond motifs is 1. The number of carbonyl (C=O) groups is 2. The third kappa shape index (κ3) is 4.89. The van der Waals surface area contributed by atoms with E-state index in [4.69, 9.17) is 10.2 Å². The summed E-state index contributed by atoms with van der Waals surface area (Å²) < 4.78 is 5.75. The molecule has 1 amide bonds. The van der Waals surface area contributed by atoms with Crippen molar-refractivity contribution in [2.24, 2.45) is 5.73 Å². The predicted octanol–water partition coefficient (Wildman–Crippen LogP) is 5.23. The van der Waals surface area contributed by atoms with E-state index in [2.05, 4.69) is 4.98 Å². The molecule has 4 rings (SSSR count). The van der Waals surface area contributed by atoms with Gasteiger partial charge in [-0.05, 0) is 42.0 Å². The van der Waals surface area contributed by atoms with E-state index in [1.165, 1.54) is 0 Å². The Bertz CT molecular complexity index is 1140. The maximum absolute atomic E-state index is 13.4. The fourth-order valence-electron chi connectivity index (χ4n) is 3.98. The van der Waals surface area contributed by atoms with Gasteiger partial charge in [0.2, 0.25) is 11.7 Å². The zero-order valence-electron chi connectivity index (χ0n) is 17.1. The van der Waals surface area contributed by atoms with Gasteiger partial charge in [-0.25, -0.2) is 4.98 Å². The number of benzene rings is 3. The molecule has 4 aromatic rings. The van der Waals surface area contributed by atoms with Crippen molar-refractivity contribution in [1.29, 1.82) is 0 Å². The van der Waals surface area contributed by atoms with E-state index in [1.54, 1.807) is 6.07 Å². The lowest BCUT2D eigenvalue weighted by Crippen LogP contribution is -2.18. The number of hydrogen-bond acceptors (Lipinski definition) is 4. The van der Waals surface area contributed by atoms with Crippen LogP contribution in [-0.2, 0) is 4.79 Å². The van der Waals surface area contributed by atoms with Crippen molar-refractivity contribution in [3.8, 4) is 0 Å². The molecule has 5 nitrogen and oxygen atoms in total. The van der Waals surface area contributed by atoms with Gasteiger partial charge >= 0.3 is 0 Å². The quantitative estimate of drug-likeness (QED) is 0.381. The molecular weight excluding hydrogens is 388 g/mol. The van der Waals surface area contributed by atoms with Crippen LogP contribution in [0.15, 0.2) is 89.3 Å². The van der Waals surface area contributed by atoms with Crippen LogP contribution in [0.25, 0.3) is 11.1 Å². The molecule has 0 saturated carbocycles. The molecule has 3 aromatic carbocycles. The van der Waals surface area contributed by atoms with E-state index >= 15 is 0 Å². The molecule has 0 bridgehead atoms. The second kappa shape index (κ2) is 9.39. The van der Waals surface area contributed by atoms with Crippen molar-refractivity contribution >= 4 is 22.8 Å². The lowest BCUT2D eigenvalue weighted by molar-refractivity contribution is -0.118. The molecule has 156 valence electrons. The monoisotopic (exact) mass is 412 g/mol. The Morgan fingerprint density at radius 1 is 0.806 bits per heavy atom. The van der Waals surface area contributed by atoms with Gasteiger partial charge in [0.1, 0.15) is 5.52 Å². The van der Waals surface area contributed by atoms with Crippen LogP contribution in [0.3, 0.4) is 0 Å². The number of nitrogens with two attached hydrogens (primary N) is 1. The standard InChI is InChI=1S/C26H24N2O3/c27-24(29)17-20(18-9-3-1-4-10-18)15-16-21(19-11-5-2-6-12-19)25(30)26-28-22-13-7-8-14-23(22)31-26/h1-14,20-21H,15-17H2,(H2,27,29). The van der Waals surface area contributed by atoms with Crippen molar-refractivity contribution in [3.05, 3.63) is 102 Å². The molecule has 0 radical (unpaired) electrons. The van der Waals surface area contributed by atoms with Crippen LogP contribution >= 0.6 is 0 Å². The summed E-state index contributed by atoms with van der Waals surface area (Å²) in [5, 5.41) is 0. The highest BCUT2D eigenvalue weighted by molar-refractivity contribution is 5.99. The maximum Gasteiger partial charge on any atom is 0.264 e. The molecular formula is C26H24N2O3. The highest BCUT2D eigenvalue weighted by Crippen LogP contribution is 2.32. The van der Waals surface area contributed by atoms with Crippen molar-refractivity contribution in [2.45, 2.75) is 31.1 Å². The Hall–Kier alpha value is -3.73. The summed E-state index contributed by atoms with van der Waals surface area (Å²) in [5.41, 5.74) is 8.71. The van der Waals surface area contributed by atoms with Gasteiger partial charge in [0, 0.05) is 6.42 Å². The Kier molecular flexibility index (Phi) is 6.22. The lowest BCUT2D eigenvalue weighted by atomic mass is 9.83. The van der Waals surface area contributed by atoms with Gasteiger partial charge in [-0.1, -0.05) is 72.8 Å². The van der Waals surface area contributed by atoms with Crippen molar-refractivity contribution in [3.63, 3.8) is 0 Å². The summed E-state index contributed by atoms with van der Waals surface area (Å²) >= 11 is 0. The number of hydrogen-bond donors (Lipinski definition) is 1. The second-order valence-electron chi connectivity index (χ2n) is 7.67. The number of aromatic nitrogens is 1. The van der Waals surface area contributed by atoms with Crippen LogP contribution < -0.4 is 5.73 Å². The summed E-state index contributed by atoms with van der Waals surface area (Å²) in [6.07, 6.45) is 1.43. The van der Waals surface area contributed by atoms with Crippen LogP contribution in [0.2, 0.25) is 0 Å². The Labute approximate surface area is 180 Å². The second-order valence-corrected chi connectivity index (χ2v) is 7.67. The fourth-order valence-corrected chi connectivity index (χ4v) is 3.98. The number of carbonyl (C=O) groups excluding carboxylic acids is 2. The minimum Gasteiger partial charge on any atom is -0.434 e. The van der Waals surface area contributed by atoms with Crippen LogP contribution in [-0.4, -0.2) is 16.7 Å². The van der Waals surface area contributed by atoms with Crippen LogP contribution in [0.5, 0.6) is 0 Å². The van der Waals surface area contributed by atoms with Crippen molar-refractivity contribution < 1.29 is 14.0 Å². The molecule has 1 heterocycles. The third-order valence-electron chi connectivity index (χ3n) is 5.55. The van der Waals surface area contributed by atoms with Gasteiger partial charge < -0.3 is 10.2 Å². The molecule has 0 aliphatic carbocycles. The molecule has 0 fully saturated rings. The number of amides is 1. The summed E-state index contributed by atoms with van der Waals surface area (Å²) in [6, 6.07) is 26.8. The fraction of sp³-hybridized carbons (Fsp3) is 0.192. The lowest BCUT2D eigenvalue weighted by Gasteiger charge is -2.20. The van der Waals surface area contributed by atoms with Gasteiger partial charge in [-0.2, -0.15) is 0 Å². The van der Waals surface area contributed by atoms with Gasteiger partial charge in [0.05, 0.1) is 5.92 Å². The van der Waals surface area contributed by atoms with E-state index in [9.17, 15) is 9.59 Å². The molecule has 0 saturated heterocycles. The van der Waals surface area contributed by atoms with E-state index < -0.39 is 5.92 Å². The number of nitrogens with zero attached hydrogens (tertiary/aromatic N) is 1. The summed E-state index contributed by atoms with van der Waals surface area (Å²) in [6.45, 7) is 0. The first kappa shape index (κ1) is 20.5. The molecule has 1 aromatic heterocycles. The number of oxazole rings is 1. The third-order valence-corrected chi connectivity index (χ3v) is 5.55. The zero-order chi connectivity index (χ0) is 21.6. The minimum atomic E-state index is -0.423. The average Bonchev–Trinajstić information content (AvgIpc) is 3.24.